The van der Waals surface area contributed by atoms with Crippen LogP contribution in [0.4, 0.5) is 0 Å². The van der Waals surface area contributed by atoms with Crippen LogP contribution in [-0.2, 0) is 15.9 Å². The van der Waals surface area contributed by atoms with E-state index in [0.717, 1.165) is 19.3 Å². The highest BCUT2D eigenvalue weighted by Crippen LogP contribution is 2.46. The highest BCUT2D eigenvalue weighted by atomic mass is 16.5. The van der Waals surface area contributed by atoms with Crippen molar-refractivity contribution in [3.05, 3.63) is 84.4 Å². The van der Waals surface area contributed by atoms with Crippen molar-refractivity contribution in [2.24, 2.45) is 5.92 Å². The molecule has 1 N–H and O–H groups in total. The monoisotopic (exact) mass is 391 g/mol. The summed E-state index contributed by atoms with van der Waals surface area (Å²) in [5, 5.41) is 3.76. The van der Waals surface area contributed by atoms with Crippen molar-refractivity contribution in [1.29, 1.82) is 0 Å². The van der Waals surface area contributed by atoms with Gasteiger partial charge in [-0.25, -0.2) is 0 Å². The van der Waals surface area contributed by atoms with Gasteiger partial charge in [0.05, 0.1) is 18.8 Å². The predicted molar refractivity (Wildman–Crippen MR) is 118 cm³/mol. The quantitative estimate of drug-likeness (QED) is 0.667. The lowest BCUT2D eigenvalue weighted by molar-refractivity contribution is -0.0532. The molecule has 0 bridgehead atoms. The van der Waals surface area contributed by atoms with E-state index in [4.69, 9.17) is 9.47 Å². The molecule has 1 saturated heterocycles. The number of ether oxygens (including phenoxy) is 2. The van der Waals surface area contributed by atoms with Gasteiger partial charge in [-0.1, -0.05) is 66.7 Å². The van der Waals surface area contributed by atoms with Crippen LogP contribution in [0.15, 0.2) is 73.3 Å². The molecule has 1 unspecified atom stereocenters. The van der Waals surface area contributed by atoms with E-state index in [0.29, 0.717) is 24.5 Å². The second kappa shape index (κ2) is 8.83. The topological polar surface area (TPSA) is 30.5 Å². The standard InChI is InChI=1S/C26H33NO2/c1-4-15-28-21-17-22(20-13-9-6-10-14-20)23(18-21)25-24(27-26(2,3)29-25)16-19-11-7-5-8-12-19/h4-14,21-25,27H,1,15-18H2,2-3H3/t21-,22?,23-,24-,25+/m0/s1. The van der Waals surface area contributed by atoms with Gasteiger partial charge in [-0.3, -0.25) is 5.32 Å². The van der Waals surface area contributed by atoms with E-state index in [1.165, 1.54) is 11.1 Å². The lowest BCUT2D eigenvalue weighted by atomic mass is 9.81. The molecular weight excluding hydrogens is 358 g/mol. The molecule has 2 fully saturated rings. The van der Waals surface area contributed by atoms with Gasteiger partial charge in [0.2, 0.25) is 0 Å². The van der Waals surface area contributed by atoms with E-state index in [1.807, 2.05) is 6.08 Å². The van der Waals surface area contributed by atoms with Crippen molar-refractivity contribution in [2.75, 3.05) is 6.61 Å². The fourth-order valence-corrected chi connectivity index (χ4v) is 5.21. The predicted octanol–water partition coefficient (Wildman–Crippen LogP) is 5.09. The van der Waals surface area contributed by atoms with Crippen LogP contribution in [0.2, 0.25) is 0 Å². The third kappa shape index (κ3) is 4.80. The Labute approximate surface area is 175 Å². The SMILES string of the molecule is C=CCO[C@H]1CC(c2ccccc2)[C@@H]([C@H]2OC(C)(C)N[C@H]2Cc2ccccc2)C1. The van der Waals surface area contributed by atoms with Crippen molar-refractivity contribution in [3.63, 3.8) is 0 Å². The third-order valence-electron chi connectivity index (χ3n) is 6.33. The van der Waals surface area contributed by atoms with Gasteiger partial charge in [-0.2, -0.15) is 0 Å². The lowest BCUT2D eigenvalue weighted by Crippen LogP contribution is -2.41. The van der Waals surface area contributed by atoms with Crippen molar-refractivity contribution in [3.8, 4) is 0 Å². The molecule has 1 aliphatic carbocycles. The molecule has 1 heterocycles. The Balaban J connectivity index is 1.59. The molecule has 3 nitrogen and oxygen atoms in total. The third-order valence-corrected chi connectivity index (χ3v) is 6.33. The molecule has 0 aromatic heterocycles. The minimum atomic E-state index is -0.314. The van der Waals surface area contributed by atoms with Crippen LogP contribution in [0.3, 0.4) is 0 Å². The van der Waals surface area contributed by atoms with E-state index in [9.17, 15) is 0 Å². The molecule has 5 atom stereocenters. The molecule has 4 rings (SSSR count). The highest BCUT2D eigenvalue weighted by Gasteiger charge is 2.49. The zero-order valence-electron chi connectivity index (χ0n) is 17.6. The Morgan fingerprint density at radius 1 is 1.07 bits per heavy atom. The normalized spacial score (nSPS) is 31.0. The maximum absolute atomic E-state index is 6.64. The van der Waals surface area contributed by atoms with Gasteiger partial charge < -0.3 is 9.47 Å². The first-order valence-corrected chi connectivity index (χ1v) is 10.8. The molecule has 0 radical (unpaired) electrons. The van der Waals surface area contributed by atoms with Crippen LogP contribution >= 0.6 is 0 Å². The van der Waals surface area contributed by atoms with E-state index in [2.05, 4.69) is 86.4 Å². The lowest BCUT2D eigenvalue weighted by Gasteiger charge is -2.29. The first-order valence-electron chi connectivity index (χ1n) is 10.8. The number of benzene rings is 2. The maximum Gasteiger partial charge on any atom is 0.114 e. The molecule has 29 heavy (non-hydrogen) atoms. The minimum Gasteiger partial charge on any atom is -0.374 e. The summed E-state index contributed by atoms with van der Waals surface area (Å²) in [6.45, 7) is 8.71. The smallest absolute Gasteiger partial charge is 0.114 e. The van der Waals surface area contributed by atoms with Gasteiger partial charge in [0.15, 0.2) is 0 Å². The summed E-state index contributed by atoms with van der Waals surface area (Å²) in [6.07, 6.45) is 5.31. The summed E-state index contributed by atoms with van der Waals surface area (Å²) >= 11 is 0. The summed E-state index contributed by atoms with van der Waals surface area (Å²) in [5.74, 6) is 0.875. The van der Waals surface area contributed by atoms with Gasteiger partial charge >= 0.3 is 0 Å². The number of rotatable bonds is 7. The number of nitrogens with one attached hydrogen (secondary N) is 1. The van der Waals surface area contributed by atoms with Gasteiger partial charge in [0, 0.05) is 6.04 Å². The molecule has 3 heteroatoms. The Morgan fingerprint density at radius 3 is 2.45 bits per heavy atom. The molecule has 1 aliphatic heterocycles. The summed E-state index contributed by atoms with van der Waals surface area (Å²) in [7, 11) is 0. The summed E-state index contributed by atoms with van der Waals surface area (Å²) < 4.78 is 12.7. The average molecular weight is 392 g/mol. The fourth-order valence-electron chi connectivity index (χ4n) is 5.21. The Morgan fingerprint density at radius 2 is 1.76 bits per heavy atom. The number of hydrogen-bond acceptors (Lipinski definition) is 3. The van der Waals surface area contributed by atoms with Crippen LogP contribution in [0.25, 0.3) is 0 Å². The number of hydrogen-bond donors (Lipinski definition) is 1. The summed E-state index contributed by atoms with van der Waals surface area (Å²) in [4.78, 5) is 0. The first-order chi connectivity index (χ1) is 14.1. The van der Waals surface area contributed by atoms with Crippen molar-refractivity contribution in [1.82, 2.24) is 5.32 Å². The van der Waals surface area contributed by atoms with E-state index in [1.54, 1.807) is 0 Å². The zero-order chi connectivity index (χ0) is 20.3. The fraction of sp³-hybridized carbons (Fsp3) is 0.462. The van der Waals surface area contributed by atoms with E-state index >= 15 is 0 Å². The van der Waals surface area contributed by atoms with Gasteiger partial charge in [-0.15, -0.1) is 6.58 Å². The van der Waals surface area contributed by atoms with E-state index in [-0.39, 0.29) is 17.9 Å². The second-order valence-electron chi connectivity index (χ2n) is 8.93. The van der Waals surface area contributed by atoms with Crippen LogP contribution in [0.5, 0.6) is 0 Å². The molecule has 0 amide bonds. The van der Waals surface area contributed by atoms with Gasteiger partial charge in [-0.05, 0) is 56.1 Å². The van der Waals surface area contributed by atoms with Crippen LogP contribution in [-0.4, -0.2) is 30.6 Å². The van der Waals surface area contributed by atoms with Gasteiger partial charge in [0.25, 0.3) is 0 Å². The van der Waals surface area contributed by atoms with Gasteiger partial charge in [0.1, 0.15) is 5.72 Å². The zero-order valence-corrected chi connectivity index (χ0v) is 17.6. The Hall–Kier alpha value is -1.94. The largest absolute Gasteiger partial charge is 0.374 e. The minimum absolute atomic E-state index is 0.160. The van der Waals surface area contributed by atoms with Crippen molar-refractivity contribution >= 4 is 0 Å². The molecule has 2 aromatic carbocycles. The first kappa shape index (κ1) is 20.3. The molecule has 2 aliphatic rings. The van der Waals surface area contributed by atoms with Crippen LogP contribution in [0.1, 0.15) is 43.7 Å². The molecule has 2 aromatic rings. The highest BCUT2D eigenvalue weighted by molar-refractivity contribution is 5.24. The molecular formula is C26H33NO2. The van der Waals surface area contributed by atoms with Crippen LogP contribution < -0.4 is 5.32 Å². The summed E-state index contributed by atoms with van der Waals surface area (Å²) in [5.41, 5.74) is 2.43. The summed E-state index contributed by atoms with van der Waals surface area (Å²) in [6, 6.07) is 21.9. The van der Waals surface area contributed by atoms with Crippen LogP contribution in [0, 0.1) is 5.92 Å². The molecule has 1 saturated carbocycles. The van der Waals surface area contributed by atoms with Crippen molar-refractivity contribution in [2.45, 2.75) is 63.0 Å². The Kier molecular flexibility index (Phi) is 6.19. The average Bonchev–Trinajstić information content (AvgIpc) is 3.28. The van der Waals surface area contributed by atoms with Crippen molar-refractivity contribution < 1.29 is 9.47 Å². The second-order valence-corrected chi connectivity index (χ2v) is 8.93. The maximum atomic E-state index is 6.64. The van der Waals surface area contributed by atoms with E-state index < -0.39 is 0 Å². The molecule has 0 spiro atoms. The molecule has 154 valence electrons. The Bertz CT molecular complexity index is 789.